The molecule has 2 aliphatic carbocycles. The van der Waals surface area contributed by atoms with Crippen LogP contribution in [0.5, 0.6) is 0 Å². The predicted molar refractivity (Wildman–Crippen MR) is 131 cm³/mol. The number of nitrogens with one attached hydrogen (secondary N) is 2. The Hall–Kier alpha value is -3.01. The molecule has 1 aromatic carbocycles. The van der Waals surface area contributed by atoms with Gasteiger partial charge in [-0.2, -0.15) is 0 Å². The first-order valence-electron chi connectivity index (χ1n) is 12.3. The molecule has 3 amide bonds. The zero-order chi connectivity index (χ0) is 24.7. The molecule has 0 heterocycles. The van der Waals surface area contributed by atoms with Crippen molar-refractivity contribution in [2.45, 2.75) is 95.9 Å². The summed E-state index contributed by atoms with van der Waals surface area (Å²) in [6.07, 6.45) is 12.8. The average molecular weight is 468 g/mol. The highest BCUT2D eigenvalue weighted by molar-refractivity contribution is 5.91. The summed E-state index contributed by atoms with van der Waals surface area (Å²) in [7, 11) is 0. The SMILES string of the molecule is C#Cc1ccc(C(C(=O)NC2CCCCC2)N(C(=O)CNC(=O)OC(C)(C)C)C2CCC2)cc1. The van der Waals surface area contributed by atoms with Gasteiger partial charge >= 0.3 is 6.09 Å². The van der Waals surface area contributed by atoms with Crippen LogP contribution in [0.1, 0.15) is 89.3 Å². The lowest BCUT2D eigenvalue weighted by atomic mass is 9.88. The van der Waals surface area contributed by atoms with Crippen LogP contribution in [0.2, 0.25) is 0 Å². The van der Waals surface area contributed by atoms with Crippen LogP contribution in [0.25, 0.3) is 0 Å². The lowest BCUT2D eigenvalue weighted by molar-refractivity contribution is -0.145. The second kappa shape index (κ2) is 11.4. The Bertz CT molecular complexity index is 903. The molecular formula is C27H37N3O4. The summed E-state index contributed by atoms with van der Waals surface area (Å²) in [5.41, 5.74) is 0.759. The van der Waals surface area contributed by atoms with E-state index in [9.17, 15) is 14.4 Å². The fraction of sp³-hybridized carbons (Fsp3) is 0.593. The highest BCUT2D eigenvalue weighted by Gasteiger charge is 2.39. The summed E-state index contributed by atoms with van der Waals surface area (Å²) in [5, 5.41) is 5.75. The number of alkyl carbamates (subject to hydrolysis) is 1. The summed E-state index contributed by atoms with van der Waals surface area (Å²) in [5.74, 6) is 2.11. The second-order valence-corrected chi connectivity index (χ2v) is 10.3. The summed E-state index contributed by atoms with van der Waals surface area (Å²) in [6, 6.07) is 6.50. The number of nitrogens with zero attached hydrogens (tertiary/aromatic N) is 1. The zero-order valence-electron chi connectivity index (χ0n) is 20.6. The number of hydrogen-bond acceptors (Lipinski definition) is 4. The Balaban J connectivity index is 1.83. The van der Waals surface area contributed by atoms with Gasteiger partial charge < -0.3 is 20.3 Å². The summed E-state index contributed by atoms with van der Waals surface area (Å²) in [6.45, 7) is 5.06. The highest BCUT2D eigenvalue weighted by Crippen LogP contribution is 2.33. The lowest BCUT2D eigenvalue weighted by Gasteiger charge is -2.42. The number of benzene rings is 1. The largest absolute Gasteiger partial charge is 0.444 e. The van der Waals surface area contributed by atoms with Crippen molar-refractivity contribution < 1.29 is 19.1 Å². The second-order valence-electron chi connectivity index (χ2n) is 10.3. The van der Waals surface area contributed by atoms with E-state index in [1.807, 2.05) is 12.1 Å². The molecule has 3 rings (SSSR count). The Labute approximate surface area is 203 Å². The van der Waals surface area contributed by atoms with Crippen LogP contribution in [0.15, 0.2) is 24.3 Å². The van der Waals surface area contributed by atoms with Crippen LogP contribution in [-0.4, -0.2) is 47.0 Å². The Morgan fingerprint density at radius 2 is 1.71 bits per heavy atom. The van der Waals surface area contributed by atoms with E-state index in [2.05, 4.69) is 16.6 Å². The minimum atomic E-state index is -0.785. The monoisotopic (exact) mass is 467 g/mol. The first-order valence-corrected chi connectivity index (χ1v) is 12.3. The molecule has 34 heavy (non-hydrogen) atoms. The molecule has 0 spiro atoms. The molecule has 2 aliphatic rings. The number of carbonyl (C=O) groups excluding carboxylic acids is 3. The number of rotatable bonds is 7. The van der Waals surface area contributed by atoms with Gasteiger partial charge in [-0.15, -0.1) is 6.42 Å². The van der Waals surface area contributed by atoms with E-state index < -0.39 is 17.7 Å². The van der Waals surface area contributed by atoms with E-state index in [4.69, 9.17) is 11.2 Å². The molecule has 1 atom stereocenters. The summed E-state index contributed by atoms with van der Waals surface area (Å²) >= 11 is 0. The Morgan fingerprint density at radius 3 is 2.24 bits per heavy atom. The van der Waals surface area contributed by atoms with Gasteiger partial charge in [0.2, 0.25) is 11.8 Å². The van der Waals surface area contributed by atoms with Gasteiger partial charge in [0.25, 0.3) is 0 Å². The molecule has 1 unspecified atom stereocenters. The minimum absolute atomic E-state index is 0.0534. The standard InChI is InChI=1S/C27H37N3O4/c1-5-19-14-16-20(17-15-19)24(25(32)29-21-10-7-6-8-11-21)30(22-12-9-13-22)23(31)18-28-26(33)34-27(2,3)4/h1,14-17,21-22,24H,6-13,18H2,2-4H3,(H,28,33)(H,29,32). The van der Waals surface area contributed by atoms with E-state index in [1.54, 1.807) is 37.8 Å². The van der Waals surface area contributed by atoms with Crippen LogP contribution >= 0.6 is 0 Å². The van der Waals surface area contributed by atoms with Gasteiger partial charge in [-0.3, -0.25) is 9.59 Å². The predicted octanol–water partition coefficient (Wildman–Crippen LogP) is 4.06. The smallest absolute Gasteiger partial charge is 0.408 e. The van der Waals surface area contributed by atoms with Crippen LogP contribution < -0.4 is 10.6 Å². The molecule has 7 nitrogen and oxygen atoms in total. The minimum Gasteiger partial charge on any atom is -0.444 e. The average Bonchev–Trinajstić information content (AvgIpc) is 2.75. The zero-order valence-corrected chi connectivity index (χ0v) is 20.6. The quantitative estimate of drug-likeness (QED) is 0.592. The van der Waals surface area contributed by atoms with Gasteiger partial charge in [-0.05, 0) is 70.6 Å². The van der Waals surface area contributed by atoms with Crippen molar-refractivity contribution in [2.75, 3.05) is 6.54 Å². The fourth-order valence-corrected chi connectivity index (χ4v) is 4.50. The van der Waals surface area contributed by atoms with Gasteiger partial charge in [0.15, 0.2) is 0 Å². The maximum atomic E-state index is 13.6. The third-order valence-electron chi connectivity index (χ3n) is 6.41. The van der Waals surface area contributed by atoms with Gasteiger partial charge in [0.1, 0.15) is 18.2 Å². The molecule has 0 bridgehead atoms. The van der Waals surface area contributed by atoms with Crippen LogP contribution in [0, 0.1) is 12.3 Å². The van der Waals surface area contributed by atoms with Crippen molar-refractivity contribution in [2.24, 2.45) is 0 Å². The lowest BCUT2D eigenvalue weighted by Crippen LogP contribution is -2.54. The van der Waals surface area contributed by atoms with Crippen molar-refractivity contribution >= 4 is 17.9 Å². The van der Waals surface area contributed by atoms with Gasteiger partial charge in [-0.25, -0.2) is 4.79 Å². The molecule has 0 radical (unpaired) electrons. The molecule has 0 saturated heterocycles. The number of amides is 3. The number of terminal acetylenes is 1. The summed E-state index contributed by atoms with van der Waals surface area (Å²) in [4.78, 5) is 40.9. The Kier molecular flexibility index (Phi) is 8.60. The van der Waals surface area contributed by atoms with E-state index in [-0.39, 0.29) is 30.4 Å². The first kappa shape index (κ1) is 25.6. The molecule has 2 fully saturated rings. The van der Waals surface area contributed by atoms with Crippen LogP contribution in [-0.2, 0) is 14.3 Å². The molecule has 0 aromatic heterocycles. The van der Waals surface area contributed by atoms with Crippen molar-refractivity contribution in [3.05, 3.63) is 35.4 Å². The molecule has 2 saturated carbocycles. The first-order chi connectivity index (χ1) is 16.2. The molecule has 0 aliphatic heterocycles. The molecule has 184 valence electrons. The van der Waals surface area contributed by atoms with E-state index in [1.165, 1.54) is 6.42 Å². The highest BCUT2D eigenvalue weighted by atomic mass is 16.6. The molecule has 2 N–H and O–H groups in total. The maximum Gasteiger partial charge on any atom is 0.408 e. The number of carbonyl (C=O) groups is 3. The number of ether oxygens (including phenoxy) is 1. The van der Waals surface area contributed by atoms with Gasteiger partial charge in [0, 0.05) is 17.6 Å². The van der Waals surface area contributed by atoms with Crippen molar-refractivity contribution in [3.63, 3.8) is 0 Å². The van der Waals surface area contributed by atoms with Gasteiger partial charge in [-0.1, -0.05) is 37.3 Å². The molecular weight excluding hydrogens is 430 g/mol. The van der Waals surface area contributed by atoms with Crippen molar-refractivity contribution in [1.82, 2.24) is 15.5 Å². The van der Waals surface area contributed by atoms with E-state index >= 15 is 0 Å². The van der Waals surface area contributed by atoms with E-state index in [0.29, 0.717) is 11.1 Å². The maximum absolute atomic E-state index is 13.6. The van der Waals surface area contributed by atoms with Crippen LogP contribution in [0.3, 0.4) is 0 Å². The van der Waals surface area contributed by atoms with Gasteiger partial charge in [0.05, 0.1) is 0 Å². The normalized spacial score (nSPS) is 17.6. The molecule has 7 heteroatoms. The van der Waals surface area contributed by atoms with Crippen molar-refractivity contribution in [1.29, 1.82) is 0 Å². The number of hydrogen-bond donors (Lipinski definition) is 2. The van der Waals surface area contributed by atoms with Crippen molar-refractivity contribution in [3.8, 4) is 12.3 Å². The summed E-state index contributed by atoms with van der Waals surface area (Å²) < 4.78 is 5.27. The topological polar surface area (TPSA) is 87.7 Å². The molecule has 1 aromatic rings. The fourth-order valence-electron chi connectivity index (χ4n) is 4.50. The third kappa shape index (κ3) is 6.99. The third-order valence-corrected chi connectivity index (χ3v) is 6.41. The van der Waals surface area contributed by atoms with E-state index in [0.717, 1.165) is 44.9 Å². The van der Waals surface area contributed by atoms with Crippen LogP contribution in [0.4, 0.5) is 4.79 Å². The Morgan fingerprint density at radius 1 is 1.06 bits per heavy atom.